The van der Waals surface area contributed by atoms with Gasteiger partial charge in [-0.2, -0.15) is 0 Å². The quantitative estimate of drug-likeness (QED) is 0.0771. The third kappa shape index (κ3) is 9.84. The number of aliphatic hydroxyl groups is 17. The van der Waals surface area contributed by atoms with Gasteiger partial charge in [0.15, 0.2) is 25.2 Å². The van der Waals surface area contributed by atoms with Crippen molar-refractivity contribution in [2.45, 2.75) is 241 Å². The first-order valence-electron chi connectivity index (χ1n) is 28.2. The van der Waals surface area contributed by atoms with E-state index in [-0.39, 0.29) is 31.3 Å². The van der Waals surface area contributed by atoms with Gasteiger partial charge in [-0.15, -0.1) is 0 Å². The second kappa shape index (κ2) is 22.5. The molecule has 25 heteroatoms. The summed E-state index contributed by atoms with van der Waals surface area (Å²) in [6, 6.07) is 0. The lowest BCUT2D eigenvalue weighted by Gasteiger charge is -2.72. The maximum atomic E-state index is 13.0. The van der Waals surface area contributed by atoms with E-state index in [4.69, 9.17) is 37.9 Å². The third-order valence-electron chi connectivity index (χ3n) is 21.9. The Bertz CT molecular complexity index is 2140. The van der Waals surface area contributed by atoms with E-state index in [1.807, 2.05) is 20.8 Å². The monoisotopic (exact) mass is 1140 g/mol. The van der Waals surface area contributed by atoms with Crippen LogP contribution in [0, 0.1) is 50.2 Å². The van der Waals surface area contributed by atoms with Gasteiger partial charge < -0.3 is 125 Å². The highest BCUT2D eigenvalue weighted by Gasteiger charge is 2.73. The van der Waals surface area contributed by atoms with Crippen LogP contribution in [0.4, 0.5) is 0 Å². The van der Waals surface area contributed by atoms with Gasteiger partial charge in [0.05, 0.1) is 69.0 Å². The number of hydrogen-bond donors (Lipinski definition) is 17. The Kier molecular flexibility index (Phi) is 17.8. The molecule has 9 rings (SSSR count). The smallest absolute Gasteiger partial charge is 0.187 e. The summed E-state index contributed by atoms with van der Waals surface area (Å²) < 4.78 is 48.2. The largest absolute Gasteiger partial charge is 0.394 e. The van der Waals surface area contributed by atoms with E-state index >= 15 is 0 Å². The Morgan fingerprint density at radius 2 is 1.00 bits per heavy atom. The van der Waals surface area contributed by atoms with E-state index in [9.17, 15) is 86.8 Å². The van der Waals surface area contributed by atoms with Crippen LogP contribution in [-0.2, 0) is 37.9 Å². The Balaban J connectivity index is 0.998. The maximum Gasteiger partial charge on any atom is 0.187 e. The Morgan fingerprint density at radius 1 is 0.506 bits per heavy atom. The summed E-state index contributed by atoms with van der Waals surface area (Å²) in [6.45, 7) is 10.7. The predicted molar refractivity (Wildman–Crippen MR) is 267 cm³/mol. The van der Waals surface area contributed by atoms with E-state index in [1.165, 1.54) is 6.92 Å². The second-order valence-electron chi connectivity index (χ2n) is 26.4. The molecule has 5 aliphatic carbocycles. The summed E-state index contributed by atoms with van der Waals surface area (Å²) >= 11 is 0. The van der Waals surface area contributed by atoms with E-state index in [1.54, 1.807) is 0 Å². The van der Waals surface area contributed by atoms with Crippen molar-refractivity contribution < 1.29 is 125 Å². The number of fused-ring (bicyclic) bond motifs is 7. The van der Waals surface area contributed by atoms with E-state index in [2.05, 4.69) is 26.8 Å². The number of rotatable bonds is 13. The lowest BCUT2D eigenvalue weighted by molar-refractivity contribution is -0.374. The molecule has 79 heavy (non-hydrogen) atoms. The molecule has 0 radical (unpaired) electrons. The molecule has 4 saturated heterocycles. The van der Waals surface area contributed by atoms with Gasteiger partial charge >= 0.3 is 0 Å². The minimum Gasteiger partial charge on any atom is -0.394 e. The normalized spacial score (nSPS) is 56.6. The second-order valence-corrected chi connectivity index (χ2v) is 26.4. The molecule has 25 nitrogen and oxygen atoms in total. The summed E-state index contributed by atoms with van der Waals surface area (Å²) in [5.41, 5.74) is -4.35. The van der Waals surface area contributed by atoms with Crippen molar-refractivity contribution in [2.75, 3.05) is 33.0 Å². The summed E-state index contributed by atoms with van der Waals surface area (Å²) in [5, 5.41) is 188. The topological polar surface area (TPSA) is 418 Å². The third-order valence-corrected chi connectivity index (χ3v) is 21.9. The highest BCUT2D eigenvalue weighted by atomic mass is 16.8. The Hall–Kier alpha value is -1.26. The molecule has 456 valence electrons. The average molecular weight is 1140 g/mol. The van der Waals surface area contributed by atoms with Gasteiger partial charge in [-0.25, -0.2) is 0 Å². The lowest BCUT2D eigenvalue weighted by atomic mass is 9.33. The van der Waals surface area contributed by atoms with Crippen molar-refractivity contribution in [1.82, 2.24) is 0 Å². The van der Waals surface area contributed by atoms with Gasteiger partial charge in [-0.1, -0.05) is 53.2 Å². The first-order chi connectivity index (χ1) is 36.9. The van der Waals surface area contributed by atoms with Crippen molar-refractivity contribution in [3.05, 3.63) is 11.6 Å². The van der Waals surface area contributed by atoms with Gasteiger partial charge in [0, 0.05) is 5.41 Å². The van der Waals surface area contributed by atoms with Gasteiger partial charge in [0.25, 0.3) is 0 Å². The maximum absolute atomic E-state index is 13.0. The Morgan fingerprint density at radius 3 is 1.54 bits per heavy atom. The fourth-order valence-corrected chi connectivity index (χ4v) is 16.7. The van der Waals surface area contributed by atoms with Crippen LogP contribution in [0.25, 0.3) is 0 Å². The van der Waals surface area contributed by atoms with Gasteiger partial charge in [0.1, 0.15) is 91.6 Å². The van der Waals surface area contributed by atoms with Gasteiger partial charge in [0.2, 0.25) is 0 Å². The zero-order valence-electron chi connectivity index (χ0n) is 46.0. The van der Waals surface area contributed by atoms with Crippen molar-refractivity contribution in [1.29, 1.82) is 0 Å². The van der Waals surface area contributed by atoms with Crippen LogP contribution in [0.3, 0.4) is 0 Å². The van der Waals surface area contributed by atoms with Gasteiger partial charge in [-0.3, -0.25) is 0 Å². The zero-order chi connectivity index (χ0) is 58.0. The van der Waals surface area contributed by atoms with Crippen LogP contribution in [0.1, 0.15) is 93.4 Å². The molecule has 4 saturated carbocycles. The molecule has 8 fully saturated rings. The van der Waals surface area contributed by atoms with Crippen LogP contribution in [-0.4, -0.2) is 267 Å². The zero-order valence-corrected chi connectivity index (χ0v) is 46.0. The number of ether oxygens (including phenoxy) is 8. The molecule has 32 atom stereocenters. The summed E-state index contributed by atoms with van der Waals surface area (Å²) in [6.07, 6.45) is -32.5. The van der Waals surface area contributed by atoms with Crippen LogP contribution < -0.4 is 0 Å². The van der Waals surface area contributed by atoms with E-state index in [0.717, 1.165) is 5.57 Å². The SMILES string of the molecule is C[C@@H]1O[C@@H](O[C@H]2[C@H](OC[C@]3(C)[C@@H]4CC[C@]5(C)[C@H](CC=C6[C@@H]7CC(C)(C)[C@@H](O)[C@H](O)[C@]7(CO[C@@H]7O[C@H](CO)[C@@H](O)[C@H](O)[C@H]7O[C@@H]7O[C@H](CO)[C@@H](O)[C@H](O)[C@H]7O)[C@H](O)C[C@]65C)[C@@]4(C)CC[C@@H]3O)O[C@H](CO)[C@@H](O)[C@@H]2O)[C@H](O)[C@H](O)[C@H]1O. The van der Waals surface area contributed by atoms with Crippen LogP contribution >= 0.6 is 0 Å². The molecule has 4 heterocycles. The molecular weight excluding hydrogens is 1050 g/mol. The van der Waals surface area contributed by atoms with Crippen LogP contribution in [0.2, 0.25) is 0 Å². The predicted octanol–water partition coefficient (Wildman–Crippen LogP) is -4.65. The Labute approximate surface area is 459 Å². The van der Waals surface area contributed by atoms with Crippen molar-refractivity contribution in [3.63, 3.8) is 0 Å². The number of hydrogen-bond acceptors (Lipinski definition) is 25. The van der Waals surface area contributed by atoms with Crippen molar-refractivity contribution >= 4 is 0 Å². The first kappa shape index (κ1) is 62.3. The van der Waals surface area contributed by atoms with Crippen LogP contribution in [0.15, 0.2) is 11.6 Å². The fraction of sp³-hybridized carbons (Fsp3) is 0.963. The first-order valence-corrected chi connectivity index (χ1v) is 28.2. The highest BCUT2D eigenvalue weighted by Crippen LogP contribution is 2.76. The average Bonchev–Trinajstić information content (AvgIpc) is 3.52. The summed E-state index contributed by atoms with van der Waals surface area (Å²) in [7, 11) is 0. The standard InChI is InChI=1S/C54H90O25/c1-21-31(60)35(64)39(68)45(74-21)78-41-37(66)33(62)25(17-56)76-47(41)72-19-51(5)27-10-13-52(6)28(50(27,4)12-11-29(51)58)9-8-22-23-14-49(2,3)43(70)44(71)54(23,30(59)15-53(22,52)7)20-73-48-42(38(67)34(63)26(18-57)77-48)79-46-40(69)36(65)32(61)24(16-55)75-46/h8,21,23-48,55-71H,9-20H2,1-7H3/t21-,23-,24+,25+,26+,27+,28+,29-,30+,31-,32+,33+,34+,35+,36-,37-,38-,39+,40+,41+,42+,43-,44-,45-,46-,47+,48+,50-,51+,52+,53+,54-/m0/s1. The molecular formula is C54H90O25. The molecule has 0 unspecified atom stereocenters. The molecule has 0 aromatic rings. The van der Waals surface area contributed by atoms with Crippen molar-refractivity contribution in [3.8, 4) is 0 Å². The molecule has 0 spiro atoms. The molecule has 0 bridgehead atoms. The van der Waals surface area contributed by atoms with Crippen molar-refractivity contribution in [2.24, 2.45) is 50.2 Å². The molecule has 0 aromatic heterocycles. The fourth-order valence-electron chi connectivity index (χ4n) is 16.7. The molecule has 17 N–H and O–H groups in total. The van der Waals surface area contributed by atoms with Gasteiger partial charge in [-0.05, 0) is 91.3 Å². The molecule has 9 aliphatic rings. The number of aliphatic hydroxyl groups excluding tert-OH is 17. The minimum absolute atomic E-state index is 0.0619. The summed E-state index contributed by atoms with van der Waals surface area (Å²) in [4.78, 5) is 0. The summed E-state index contributed by atoms with van der Waals surface area (Å²) in [5.74, 6) is -0.917. The highest BCUT2D eigenvalue weighted by molar-refractivity contribution is 5.36. The molecule has 4 aliphatic heterocycles. The number of allylic oxidation sites excluding steroid dienone is 2. The van der Waals surface area contributed by atoms with Crippen LogP contribution in [0.5, 0.6) is 0 Å². The lowest BCUT2D eigenvalue weighted by Crippen LogP contribution is -2.72. The molecule has 0 aromatic carbocycles. The van der Waals surface area contributed by atoms with E-state index in [0.29, 0.717) is 32.1 Å². The minimum atomic E-state index is -1.92. The van der Waals surface area contributed by atoms with E-state index < -0.39 is 212 Å². The molecule has 0 amide bonds.